The second kappa shape index (κ2) is 7.72. The molecule has 142 valence electrons. The number of rotatable bonds is 3. The average Bonchev–Trinajstić information content (AvgIpc) is 2.73. The van der Waals surface area contributed by atoms with Crippen LogP contribution in [0.4, 0.5) is 5.69 Å². The fourth-order valence-corrected chi connectivity index (χ4v) is 3.71. The fourth-order valence-electron chi connectivity index (χ4n) is 3.71. The number of fused-ring (bicyclic) bond motifs is 1. The van der Waals surface area contributed by atoms with Gasteiger partial charge in [0.15, 0.2) is 0 Å². The lowest BCUT2D eigenvalue weighted by Gasteiger charge is -2.32. The van der Waals surface area contributed by atoms with Crippen molar-refractivity contribution in [2.24, 2.45) is 5.92 Å². The second-order valence-electron chi connectivity index (χ2n) is 7.16. The van der Waals surface area contributed by atoms with Gasteiger partial charge in [-0.25, -0.2) is 0 Å². The molecule has 0 spiro atoms. The van der Waals surface area contributed by atoms with Crippen LogP contribution in [0.2, 0.25) is 0 Å². The normalized spacial score (nSPS) is 16.7. The number of benzene rings is 3. The molecule has 4 rings (SSSR count). The van der Waals surface area contributed by atoms with Crippen LogP contribution in [-0.2, 0) is 4.79 Å². The van der Waals surface area contributed by atoms with Crippen molar-refractivity contribution in [1.29, 1.82) is 0 Å². The lowest BCUT2D eigenvalue weighted by atomic mass is 9.96. The molecule has 1 atom stereocenters. The summed E-state index contributed by atoms with van der Waals surface area (Å²) in [4.78, 5) is 27.3. The van der Waals surface area contributed by atoms with Crippen LogP contribution in [0.3, 0.4) is 0 Å². The van der Waals surface area contributed by atoms with Gasteiger partial charge < -0.3 is 15.3 Å². The number of anilines is 1. The number of piperidine rings is 1. The largest absolute Gasteiger partial charge is 0.507 e. The highest BCUT2D eigenvalue weighted by Gasteiger charge is 2.30. The predicted molar refractivity (Wildman–Crippen MR) is 109 cm³/mol. The molecule has 0 saturated carbocycles. The third kappa shape index (κ3) is 3.69. The lowest BCUT2D eigenvalue weighted by Crippen LogP contribution is -2.43. The van der Waals surface area contributed by atoms with Crippen LogP contribution in [0.25, 0.3) is 10.8 Å². The molecule has 5 heteroatoms. The molecule has 3 aromatic carbocycles. The van der Waals surface area contributed by atoms with E-state index in [1.165, 1.54) is 0 Å². The van der Waals surface area contributed by atoms with Gasteiger partial charge in [0.25, 0.3) is 5.91 Å². The minimum Gasteiger partial charge on any atom is -0.507 e. The summed E-state index contributed by atoms with van der Waals surface area (Å²) in [5.41, 5.74) is 1.03. The van der Waals surface area contributed by atoms with E-state index in [1.807, 2.05) is 54.6 Å². The molecule has 1 aliphatic heterocycles. The van der Waals surface area contributed by atoms with E-state index in [0.717, 1.165) is 29.3 Å². The molecule has 2 amide bonds. The number of aromatic hydroxyl groups is 1. The quantitative estimate of drug-likeness (QED) is 0.727. The zero-order chi connectivity index (χ0) is 19.5. The van der Waals surface area contributed by atoms with Crippen molar-refractivity contribution in [3.63, 3.8) is 0 Å². The number of hydrogen-bond acceptors (Lipinski definition) is 3. The third-order valence-corrected chi connectivity index (χ3v) is 5.22. The highest BCUT2D eigenvalue weighted by molar-refractivity contribution is 6.02. The van der Waals surface area contributed by atoms with E-state index < -0.39 is 0 Å². The standard InChI is InChI=1S/C23H22N2O3/c26-21-14-17-8-5-4-7-16(17)13-20(21)23(28)25-12-6-9-18(15-25)22(27)24-19-10-2-1-3-11-19/h1-5,7-8,10-11,13-14,18,26H,6,9,12,15H2,(H,24,27). The molecule has 3 aromatic rings. The number of nitrogens with zero attached hydrogens (tertiary/aromatic N) is 1. The van der Waals surface area contributed by atoms with Gasteiger partial charge in [-0.3, -0.25) is 9.59 Å². The average molecular weight is 374 g/mol. The van der Waals surface area contributed by atoms with Gasteiger partial charge >= 0.3 is 0 Å². The number of carbonyl (C=O) groups is 2. The number of amides is 2. The van der Waals surface area contributed by atoms with Gasteiger partial charge in [0.2, 0.25) is 5.91 Å². The Kier molecular flexibility index (Phi) is 4.98. The lowest BCUT2D eigenvalue weighted by molar-refractivity contribution is -0.121. The summed E-state index contributed by atoms with van der Waals surface area (Å²) >= 11 is 0. The molecule has 28 heavy (non-hydrogen) atoms. The monoisotopic (exact) mass is 374 g/mol. The Morgan fingerprint density at radius 1 is 0.964 bits per heavy atom. The minimum atomic E-state index is -0.263. The van der Waals surface area contributed by atoms with E-state index in [2.05, 4.69) is 5.32 Å². The van der Waals surface area contributed by atoms with Crippen LogP contribution in [0.1, 0.15) is 23.2 Å². The first-order valence-corrected chi connectivity index (χ1v) is 9.49. The highest BCUT2D eigenvalue weighted by atomic mass is 16.3. The molecule has 1 saturated heterocycles. The number of hydrogen-bond donors (Lipinski definition) is 2. The maximum absolute atomic E-state index is 13.0. The number of nitrogens with one attached hydrogen (secondary N) is 1. The van der Waals surface area contributed by atoms with Crippen molar-refractivity contribution >= 4 is 28.3 Å². The van der Waals surface area contributed by atoms with Gasteiger partial charge in [-0.2, -0.15) is 0 Å². The van der Waals surface area contributed by atoms with Crippen molar-refractivity contribution in [2.75, 3.05) is 18.4 Å². The maximum Gasteiger partial charge on any atom is 0.257 e. The van der Waals surface area contributed by atoms with Crippen LogP contribution in [0.5, 0.6) is 5.75 Å². The number of para-hydroxylation sites is 1. The predicted octanol–water partition coefficient (Wildman–Crippen LogP) is 4.04. The molecule has 5 nitrogen and oxygen atoms in total. The number of likely N-dealkylation sites (tertiary alicyclic amines) is 1. The van der Waals surface area contributed by atoms with E-state index in [9.17, 15) is 14.7 Å². The summed E-state index contributed by atoms with van der Waals surface area (Å²) in [6, 6.07) is 20.3. The molecule has 1 aliphatic rings. The van der Waals surface area contributed by atoms with Crippen LogP contribution in [0, 0.1) is 5.92 Å². The molecule has 1 heterocycles. The molecule has 0 radical (unpaired) electrons. The Labute approximate surface area is 163 Å². The molecular formula is C23H22N2O3. The van der Waals surface area contributed by atoms with Gasteiger partial charge in [0, 0.05) is 18.8 Å². The van der Waals surface area contributed by atoms with Crippen LogP contribution < -0.4 is 5.32 Å². The van der Waals surface area contributed by atoms with Crippen molar-refractivity contribution in [3.8, 4) is 5.75 Å². The van der Waals surface area contributed by atoms with Crippen molar-refractivity contribution in [2.45, 2.75) is 12.8 Å². The molecule has 1 fully saturated rings. The summed E-state index contributed by atoms with van der Waals surface area (Å²) in [5, 5.41) is 15.1. The molecule has 0 bridgehead atoms. The Morgan fingerprint density at radius 3 is 2.39 bits per heavy atom. The van der Waals surface area contributed by atoms with E-state index >= 15 is 0 Å². The first-order chi connectivity index (χ1) is 13.6. The van der Waals surface area contributed by atoms with Crippen molar-refractivity contribution in [1.82, 2.24) is 4.90 Å². The zero-order valence-corrected chi connectivity index (χ0v) is 15.5. The number of phenols is 1. The van der Waals surface area contributed by atoms with Crippen molar-refractivity contribution < 1.29 is 14.7 Å². The first kappa shape index (κ1) is 18.0. The van der Waals surface area contributed by atoms with Gasteiger partial charge in [-0.1, -0.05) is 42.5 Å². The number of carbonyl (C=O) groups excluding carboxylic acids is 2. The second-order valence-corrected chi connectivity index (χ2v) is 7.16. The minimum absolute atomic E-state index is 0.0282. The van der Waals surface area contributed by atoms with Crippen LogP contribution in [0.15, 0.2) is 66.7 Å². The highest BCUT2D eigenvalue weighted by Crippen LogP contribution is 2.28. The first-order valence-electron chi connectivity index (χ1n) is 9.49. The smallest absolute Gasteiger partial charge is 0.257 e. The fraction of sp³-hybridized carbons (Fsp3) is 0.217. The topological polar surface area (TPSA) is 69.6 Å². The Morgan fingerprint density at radius 2 is 1.64 bits per heavy atom. The number of phenolic OH excluding ortho intramolecular Hbond substituents is 1. The summed E-state index contributed by atoms with van der Waals surface area (Å²) in [7, 11) is 0. The van der Waals surface area contributed by atoms with Crippen LogP contribution >= 0.6 is 0 Å². The Bertz CT molecular complexity index is 1020. The summed E-state index contributed by atoms with van der Waals surface area (Å²) < 4.78 is 0. The van der Waals surface area contributed by atoms with Gasteiger partial charge in [-0.05, 0) is 47.9 Å². The maximum atomic E-state index is 13.0. The van der Waals surface area contributed by atoms with Crippen molar-refractivity contribution in [3.05, 3.63) is 72.3 Å². The van der Waals surface area contributed by atoms with E-state index in [0.29, 0.717) is 13.1 Å². The molecule has 1 unspecified atom stereocenters. The zero-order valence-electron chi connectivity index (χ0n) is 15.5. The third-order valence-electron chi connectivity index (χ3n) is 5.22. The molecule has 0 aromatic heterocycles. The van der Waals surface area contributed by atoms with E-state index in [4.69, 9.17) is 0 Å². The molecular weight excluding hydrogens is 352 g/mol. The van der Waals surface area contributed by atoms with Gasteiger partial charge in [-0.15, -0.1) is 0 Å². The molecule has 2 N–H and O–H groups in total. The Hall–Kier alpha value is -3.34. The van der Waals surface area contributed by atoms with Gasteiger partial charge in [0.05, 0.1) is 11.5 Å². The molecule has 0 aliphatic carbocycles. The summed E-state index contributed by atoms with van der Waals surface area (Å²) in [6.07, 6.45) is 1.50. The van der Waals surface area contributed by atoms with E-state index in [1.54, 1.807) is 17.0 Å². The van der Waals surface area contributed by atoms with Crippen LogP contribution in [-0.4, -0.2) is 34.9 Å². The Balaban J connectivity index is 1.50. The SMILES string of the molecule is O=C(Nc1ccccc1)C1CCCN(C(=O)c2cc3ccccc3cc2O)C1. The van der Waals surface area contributed by atoms with Gasteiger partial charge in [0.1, 0.15) is 5.75 Å². The summed E-state index contributed by atoms with van der Waals surface area (Å²) in [5.74, 6) is -0.605. The summed E-state index contributed by atoms with van der Waals surface area (Å²) in [6.45, 7) is 0.935. The van der Waals surface area contributed by atoms with E-state index in [-0.39, 0.29) is 29.0 Å².